The average molecular weight is 364 g/mol. The average Bonchev–Trinajstić information content (AvgIpc) is 3.10. The molecule has 2 aliphatic carbocycles. The summed E-state index contributed by atoms with van der Waals surface area (Å²) in [5.41, 5.74) is -0.830. The Morgan fingerprint density at radius 1 is 1.23 bits per heavy atom. The van der Waals surface area contributed by atoms with Crippen LogP contribution in [-0.4, -0.2) is 52.3 Å². The maximum atomic E-state index is 13.2. The van der Waals surface area contributed by atoms with Crippen molar-refractivity contribution in [3.63, 3.8) is 0 Å². The van der Waals surface area contributed by atoms with E-state index in [1.807, 2.05) is 11.8 Å². The summed E-state index contributed by atoms with van der Waals surface area (Å²) in [5, 5.41) is 2.95. The van der Waals surface area contributed by atoms with E-state index in [0.717, 1.165) is 37.0 Å². The van der Waals surface area contributed by atoms with Crippen LogP contribution in [0.4, 0.5) is 4.79 Å². The first-order valence-electron chi connectivity index (χ1n) is 10.1. The molecule has 1 aliphatic heterocycles. The van der Waals surface area contributed by atoms with Crippen LogP contribution in [0.15, 0.2) is 0 Å². The smallest absolute Gasteiger partial charge is 0.325 e. The van der Waals surface area contributed by atoms with Gasteiger partial charge >= 0.3 is 6.03 Å². The van der Waals surface area contributed by atoms with Gasteiger partial charge in [-0.2, -0.15) is 0 Å². The van der Waals surface area contributed by atoms with Crippen molar-refractivity contribution in [1.29, 1.82) is 0 Å². The Labute approximate surface area is 156 Å². The number of nitrogens with zero attached hydrogens (tertiary/aromatic N) is 2. The molecule has 4 amide bonds. The molecular formula is C20H33N3O3. The number of amides is 4. The van der Waals surface area contributed by atoms with Crippen molar-refractivity contribution in [1.82, 2.24) is 15.1 Å². The maximum Gasteiger partial charge on any atom is 0.325 e. The number of hydrogen-bond donors (Lipinski definition) is 1. The lowest BCUT2D eigenvalue weighted by Crippen LogP contribution is -2.54. The van der Waals surface area contributed by atoms with Gasteiger partial charge in [0.25, 0.3) is 5.91 Å². The first kappa shape index (κ1) is 19.2. The lowest BCUT2D eigenvalue weighted by Gasteiger charge is -2.43. The van der Waals surface area contributed by atoms with Gasteiger partial charge in [-0.15, -0.1) is 0 Å². The summed E-state index contributed by atoms with van der Waals surface area (Å²) in [7, 11) is 0. The van der Waals surface area contributed by atoms with Gasteiger partial charge in [0.05, 0.1) is 0 Å². The van der Waals surface area contributed by atoms with E-state index in [0.29, 0.717) is 25.3 Å². The van der Waals surface area contributed by atoms with Gasteiger partial charge in [0.2, 0.25) is 5.91 Å². The minimum Gasteiger partial charge on any atom is -0.338 e. The van der Waals surface area contributed by atoms with Gasteiger partial charge in [-0.05, 0) is 50.4 Å². The lowest BCUT2D eigenvalue weighted by molar-refractivity contribution is -0.141. The van der Waals surface area contributed by atoms with E-state index in [2.05, 4.69) is 26.1 Å². The molecule has 6 nitrogen and oxygen atoms in total. The van der Waals surface area contributed by atoms with Gasteiger partial charge in [-0.1, -0.05) is 33.6 Å². The summed E-state index contributed by atoms with van der Waals surface area (Å²) >= 11 is 0. The second-order valence-electron chi connectivity index (χ2n) is 9.38. The van der Waals surface area contributed by atoms with Crippen LogP contribution in [0.1, 0.15) is 72.6 Å². The SMILES string of the molecule is CCN(C(=O)CN1C(=O)NC2(CC(C)CC(C)(C)C2)C1=O)C1CCCC1. The van der Waals surface area contributed by atoms with Crippen molar-refractivity contribution in [2.75, 3.05) is 13.1 Å². The van der Waals surface area contributed by atoms with Gasteiger partial charge in [0, 0.05) is 12.6 Å². The molecule has 0 radical (unpaired) electrons. The minimum atomic E-state index is -0.830. The standard InChI is InChI=1S/C20H33N3O3/c1-5-22(15-8-6-7-9-15)16(24)12-23-17(25)20(21-18(23)26)11-14(2)10-19(3,4)13-20/h14-15H,5-13H2,1-4H3,(H,21,26). The molecule has 3 aliphatic rings. The van der Waals surface area contributed by atoms with Gasteiger partial charge in [-0.3, -0.25) is 14.5 Å². The monoisotopic (exact) mass is 363 g/mol. The fourth-order valence-electron chi connectivity index (χ4n) is 5.73. The third-order valence-electron chi connectivity index (χ3n) is 6.34. The summed E-state index contributed by atoms with van der Waals surface area (Å²) in [6, 6.07) is -0.147. The van der Waals surface area contributed by atoms with E-state index in [1.54, 1.807) is 0 Å². The first-order valence-corrected chi connectivity index (χ1v) is 10.1. The Bertz CT molecular complexity index is 597. The molecule has 3 rings (SSSR count). The van der Waals surface area contributed by atoms with Gasteiger partial charge in [-0.25, -0.2) is 4.79 Å². The summed E-state index contributed by atoms with van der Waals surface area (Å²) in [5.74, 6) is 0.0466. The third-order valence-corrected chi connectivity index (χ3v) is 6.34. The van der Waals surface area contributed by atoms with Crippen molar-refractivity contribution in [3.8, 4) is 0 Å². The molecule has 1 N–H and O–H groups in total. The molecule has 0 aromatic rings. The molecule has 2 saturated carbocycles. The second-order valence-corrected chi connectivity index (χ2v) is 9.38. The first-order chi connectivity index (χ1) is 12.2. The molecule has 2 atom stereocenters. The van der Waals surface area contributed by atoms with Crippen LogP contribution in [0.3, 0.4) is 0 Å². The molecule has 2 unspecified atom stereocenters. The molecular weight excluding hydrogens is 330 g/mol. The summed E-state index contributed by atoms with van der Waals surface area (Å²) in [6.45, 7) is 8.89. The molecule has 1 heterocycles. The molecule has 146 valence electrons. The van der Waals surface area contributed by atoms with Crippen molar-refractivity contribution in [3.05, 3.63) is 0 Å². The van der Waals surface area contributed by atoms with Gasteiger partial charge < -0.3 is 10.2 Å². The Morgan fingerprint density at radius 3 is 2.46 bits per heavy atom. The van der Waals surface area contributed by atoms with E-state index in [-0.39, 0.29) is 29.8 Å². The number of hydrogen-bond acceptors (Lipinski definition) is 3. The molecule has 1 spiro atoms. The number of urea groups is 1. The van der Waals surface area contributed by atoms with E-state index < -0.39 is 11.6 Å². The Morgan fingerprint density at radius 2 is 1.88 bits per heavy atom. The van der Waals surface area contributed by atoms with Crippen LogP contribution in [0.5, 0.6) is 0 Å². The molecule has 0 aromatic carbocycles. The highest BCUT2D eigenvalue weighted by Crippen LogP contribution is 2.46. The summed E-state index contributed by atoms with van der Waals surface area (Å²) in [6.07, 6.45) is 6.68. The van der Waals surface area contributed by atoms with E-state index in [1.165, 1.54) is 0 Å². The van der Waals surface area contributed by atoms with Crippen molar-refractivity contribution >= 4 is 17.8 Å². The Balaban J connectivity index is 1.74. The summed E-state index contributed by atoms with van der Waals surface area (Å²) < 4.78 is 0. The number of nitrogens with one attached hydrogen (secondary N) is 1. The molecule has 0 bridgehead atoms. The highest BCUT2D eigenvalue weighted by Gasteiger charge is 2.56. The van der Waals surface area contributed by atoms with Crippen LogP contribution in [0.2, 0.25) is 0 Å². The molecule has 1 saturated heterocycles. The highest BCUT2D eigenvalue weighted by molar-refractivity contribution is 6.09. The molecule has 3 fully saturated rings. The number of likely N-dealkylation sites (N-methyl/N-ethyl adjacent to an activating group) is 1. The van der Waals surface area contributed by atoms with Gasteiger partial charge in [0.15, 0.2) is 0 Å². The zero-order valence-electron chi connectivity index (χ0n) is 16.6. The predicted octanol–water partition coefficient (Wildman–Crippen LogP) is 2.91. The van der Waals surface area contributed by atoms with Crippen LogP contribution in [0.25, 0.3) is 0 Å². The normalized spacial score (nSPS) is 31.5. The van der Waals surface area contributed by atoms with Gasteiger partial charge in [0.1, 0.15) is 12.1 Å². The van der Waals surface area contributed by atoms with Crippen LogP contribution >= 0.6 is 0 Å². The van der Waals surface area contributed by atoms with Crippen LogP contribution < -0.4 is 5.32 Å². The van der Waals surface area contributed by atoms with Crippen molar-refractivity contribution in [2.24, 2.45) is 11.3 Å². The lowest BCUT2D eigenvalue weighted by atomic mass is 9.64. The maximum absolute atomic E-state index is 13.2. The van der Waals surface area contributed by atoms with Crippen molar-refractivity contribution < 1.29 is 14.4 Å². The van der Waals surface area contributed by atoms with E-state index >= 15 is 0 Å². The van der Waals surface area contributed by atoms with Crippen LogP contribution in [-0.2, 0) is 9.59 Å². The fourth-order valence-corrected chi connectivity index (χ4v) is 5.73. The topological polar surface area (TPSA) is 69.7 Å². The zero-order valence-corrected chi connectivity index (χ0v) is 16.6. The van der Waals surface area contributed by atoms with Crippen LogP contribution in [0, 0.1) is 11.3 Å². The largest absolute Gasteiger partial charge is 0.338 e. The fraction of sp³-hybridized carbons (Fsp3) is 0.850. The number of carbonyl (C=O) groups excluding carboxylic acids is 3. The molecule has 6 heteroatoms. The van der Waals surface area contributed by atoms with E-state index in [9.17, 15) is 14.4 Å². The predicted molar refractivity (Wildman–Crippen MR) is 99.4 cm³/mol. The van der Waals surface area contributed by atoms with E-state index in [4.69, 9.17) is 0 Å². The Hall–Kier alpha value is -1.59. The number of imide groups is 1. The number of carbonyl (C=O) groups is 3. The zero-order chi connectivity index (χ0) is 19.1. The minimum absolute atomic E-state index is 0.0000726. The van der Waals surface area contributed by atoms with Crippen molar-refractivity contribution in [2.45, 2.75) is 84.2 Å². The third kappa shape index (κ3) is 3.47. The Kier molecular flexibility index (Phi) is 5.06. The number of rotatable bonds is 4. The molecule has 26 heavy (non-hydrogen) atoms. The quantitative estimate of drug-likeness (QED) is 0.781. The highest BCUT2D eigenvalue weighted by atomic mass is 16.2. The second kappa shape index (κ2) is 6.86. The summed E-state index contributed by atoms with van der Waals surface area (Å²) in [4.78, 5) is 41.6. The molecule has 0 aromatic heterocycles.